The molecule has 1 aliphatic heterocycles. The number of thiophene rings is 2. The van der Waals surface area contributed by atoms with E-state index in [0.717, 1.165) is 61.1 Å². The van der Waals surface area contributed by atoms with Crippen molar-refractivity contribution in [1.29, 1.82) is 0 Å². The number of nitrogens with zero attached hydrogens (tertiary/aromatic N) is 5. The van der Waals surface area contributed by atoms with Crippen molar-refractivity contribution in [3.8, 4) is 32.5 Å². The summed E-state index contributed by atoms with van der Waals surface area (Å²) in [5, 5.41) is 15.9. The van der Waals surface area contributed by atoms with Gasteiger partial charge in [0.25, 0.3) is 11.8 Å². The quantitative estimate of drug-likeness (QED) is 0.153. The third-order valence-electron chi connectivity index (χ3n) is 10.6. The van der Waals surface area contributed by atoms with E-state index < -0.39 is 17.8 Å². The molecule has 11 nitrogen and oxygen atoms in total. The van der Waals surface area contributed by atoms with E-state index in [1.54, 1.807) is 76.6 Å². The molecular formula is C43H39Cl6N7O4S2. The largest absolute Gasteiger partial charge is 0.324 e. The molecule has 0 unspecified atom stereocenters. The Bertz CT molecular complexity index is 2480. The van der Waals surface area contributed by atoms with Crippen LogP contribution in [0.5, 0.6) is 0 Å². The van der Waals surface area contributed by atoms with Crippen LogP contribution in [0.15, 0.2) is 60.7 Å². The van der Waals surface area contributed by atoms with Crippen LogP contribution < -0.4 is 10.6 Å². The molecule has 2 aliphatic rings. The monoisotopic (exact) mass is 991 g/mol. The highest BCUT2D eigenvalue weighted by atomic mass is 35.5. The van der Waals surface area contributed by atoms with Crippen LogP contribution in [0.25, 0.3) is 32.5 Å². The number of imide groups is 2. The summed E-state index contributed by atoms with van der Waals surface area (Å²) in [5.41, 5.74) is 4.09. The minimum absolute atomic E-state index is 0.124. The number of rotatable bonds is 7. The smallest absolute Gasteiger partial charge is 0.324 e. The van der Waals surface area contributed by atoms with Crippen molar-refractivity contribution < 1.29 is 19.2 Å². The number of benzene rings is 2. The summed E-state index contributed by atoms with van der Waals surface area (Å²) in [6.45, 7) is 4.88. The number of aromatic nitrogens is 4. The molecule has 1 saturated heterocycles. The average Bonchev–Trinajstić information content (AvgIpc) is 4.04. The highest BCUT2D eigenvalue weighted by molar-refractivity contribution is 7.19. The molecule has 8 rings (SSSR count). The standard InChI is InChI=1S/C22H20Cl3N3O2S.C21H19Cl3N4O2S/c1-12-19(22(30)26-21(29)13-5-3-2-4-6-13)27-28(16-8-7-14(23)11-15(16)24)20(12)17-9-10-18(25)31-17;1-12-18(20(29)25-21(30)27-9-3-2-4-10-27)26-28(15-6-5-13(22)11-14(15)23)19(12)16-7-8-17(24)31-16/h7-11,13H,2-6H2,1H3,(H,26,29,30);5-8,11H,2-4,9-10H2,1H3,(H,25,29,30). The van der Waals surface area contributed by atoms with Crippen molar-refractivity contribution in [2.24, 2.45) is 5.92 Å². The number of hydrogen-bond donors (Lipinski definition) is 2. The summed E-state index contributed by atoms with van der Waals surface area (Å²) in [5.74, 6) is -1.42. The molecule has 4 aromatic heterocycles. The zero-order valence-corrected chi connectivity index (χ0v) is 39.5. The van der Waals surface area contributed by atoms with Gasteiger partial charge < -0.3 is 4.90 Å². The summed E-state index contributed by atoms with van der Waals surface area (Å²) < 4.78 is 4.42. The topological polar surface area (TPSA) is 131 Å². The number of amides is 5. The minimum atomic E-state index is -0.555. The van der Waals surface area contributed by atoms with Gasteiger partial charge in [-0.2, -0.15) is 10.2 Å². The SMILES string of the molecule is Cc1c(C(=O)NC(=O)C2CCCCC2)nn(-c2ccc(Cl)cc2Cl)c1-c1ccc(Cl)s1.Cc1c(C(=O)NC(=O)N2CCCCC2)nn(-c2ccc(Cl)cc2Cl)c1-c1ccc(Cl)s1. The second kappa shape index (κ2) is 20.3. The molecular weight excluding hydrogens is 955 g/mol. The van der Waals surface area contributed by atoms with Gasteiger partial charge in [0.05, 0.1) is 51.2 Å². The van der Waals surface area contributed by atoms with E-state index in [2.05, 4.69) is 20.8 Å². The van der Waals surface area contributed by atoms with E-state index in [-0.39, 0.29) is 23.2 Å². The molecule has 0 atom stereocenters. The summed E-state index contributed by atoms with van der Waals surface area (Å²) >= 11 is 40.0. The van der Waals surface area contributed by atoms with Gasteiger partial charge in [0.1, 0.15) is 0 Å². The fraction of sp³-hybridized carbons (Fsp3) is 0.302. The molecule has 2 N–H and O–H groups in total. The van der Waals surface area contributed by atoms with E-state index in [1.165, 1.54) is 22.7 Å². The lowest BCUT2D eigenvalue weighted by Crippen LogP contribution is -2.45. The number of carbonyl (C=O) groups excluding carboxylic acids is 4. The summed E-state index contributed by atoms with van der Waals surface area (Å²) in [4.78, 5) is 54.4. The highest BCUT2D eigenvalue weighted by Gasteiger charge is 2.29. The lowest BCUT2D eigenvalue weighted by Gasteiger charge is -2.26. The summed E-state index contributed by atoms with van der Waals surface area (Å²) in [6.07, 6.45) is 7.75. The Hall–Kier alpha value is -3.92. The zero-order chi connectivity index (χ0) is 44.2. The van der Waals surface area contributed by atoms with Gasteiger partial charge in [-0.3, -0.25) is 25.0 Å². The number of urea groups is 1. The number of piperidine rings is 1. The number of hydrogen-bond acceptors (Lipinski definition) is 8. The van der Waals surface area contributed by atoms with Crippen LogP contribution in [-0.2, 0) is 4.79 Å². The van der Waals surface area contributed by atoms with Crippen molar-refractivity contribution in [2.45, 2.75) is 65.2 Å². The first-order valence-corrected chi connectivity index (χ1v) is 23.7. The average molecular weight is 995 g/mol. The van der Waals surface area contributed by atoms with E-state index in [4.69, 9.17) is 69.6 Å². The molecule has 6 aromatic rings. The molecule has 62 heavy (non-hydrogen) atoms. The summed E-state index contributed by atoms with van der Waals surface area (Å²) in [7, 11) is 0. The molecule has 0 spiro atoms. The molecule has 1 aliphatic carbocycles. The first-order chi connectivity index (χ1) is 29.7. The Labute approximate surface area is 396 Å². The van der Waals surface area contributed by atoms with E-state index in [0.29, 0.717) is 75.7 Å². The van der Waals surface area contributed by atoms with E-state index in [1.807, 2.05) is 12.1 Å². The maximum atomic E-state index is 13.0. The van der Waals surface area contributed by atoms with Crippen LogP contribution in [0.3, 0.4) is 0 Å². The maximum Gasteiger partial charge on any atom is 0.324 e. The van der Waals surface area contributed by atoms with Crippen molar-refractivity contribution in [3.05, 3.63) is 112 Å². The normalized spacial score (nSPS) is 14.3. The predicted octanol–water partition coefficient (Wildman–Crippen LogP) is 12.9. The van der Waals surface area contributed by atoms with Crippen LogP contribution in [-0.4, -0.2) is 61.3 Å². The lowest BCUT2D eigenvalue weighted by atomic mass is 9.88. The molecule has 2 fully saturated rings. The van der Waals surface area contributed by atoms with Gasteiger partial charge >= 0.3 is 6.03 Å². The Kier molecular flexibility index (Phi) is 15.1. The Morgan fingerprint density at radius 2 is 1.05 bits per heavy atom. The van der Waals surface area contributed by atoms with Crippen molar-refractivity contribution >= 4 is 116 Å². The van der Waals surface area contributed by atoms with Crippen LogP contribution in [0.1, 0.15) is 83.5 Å². The number of nitrogens with one attached hydrogen (secondary N) is 2. The predicted molar refractivity (Wildman–Crippen MR) is 251 cm³/mol. The van der Waals surface area contributed by atoms with Gasteiger partial charge in [0.2, 0.25) is 5.91 Å². The van der Waals surface area contributed by atoms with Gasteiger partial charge in [0, 0.05) is 40.2 Å². The van der Waals surface area contributed by atoms with Gasteiger partial charge in [0.15, 0.2) is 11.4 Å². The fourth-order valence-corrected chi connectivity index (χ4v) is 10.7. The second-order valence-corrected chi connectivity index (χ2v) is 19.9. The first-order valence-electron chi connectivity index (χ1n) is 19.8. The molecule has 0 bridgehead atoms. The number of halogens is 6. The molecule has 19 heteroatoms. The van der Waals surface area contributed by atoms with E-state index in [9.17, 15) is 19.2 Å². The van der Waals surface area contributed by atoms with E-state index >= 15 is 0 Å². The molecule has 1 saturated carbocycles. The van der Waals surface area contributed by atoms with Gasteiger partial charge in [-0.05, 0) is 107 Å². The van der Waals surface area contributed by atoms with Crippen molar-refractivity contribution in [2.75, 3.05) is 13.1 Å². The van der Waals surface area contributed by atoms with Gasteiger partial charge in [-0.25, -0.2) is 14.2 Å². The maximum absolute atomic E-state index is 13.0. The molecule has 5 heterocycles. The Morgan fingerprint density at radius 1 is 0.597 bits per heavy atom. The van der Waals surface area contributed by atoms with Crippen LogP contribution in [0.2, 0.25) is 28.8 Å². The van der Waals surface area contributed by atoms with Gasteiger partial charge in [-0.1, -0.05) is 88.9 Å². The minimum Gasteiger partial charge on any atom is -0.324 e. The fourth-order valence-electron chi connectivity index (χ4n) is 7.51. The van der Waals surface area contributed by atoms with Crippen LogP contribution >= 0.6 is 92.3 Å². The molecule has 324 valence electrons. The number of likely N-dealkylation sites (tertiary alicyclic amines) is 1. The second-order valence-electron chi connectivity index (χ2n) is 14.8. The lowest BCUT2D eigenvalue weighted by molar-refractivity contribution is -0.124. The Balaban J connectivity index is 0.000000186. The summed E-state index contributed by atoms with van der Waals surface area (Å²) in [6, 6.07) is 17.0. The third-order valence-corrected chi connectivity index (χ3v) is 14.2. The van der Waals surface area contributed by atoms with Crippen molar-refractivity contribution in [1.82, 2.24) is 35.1 Å². The first kappa shape index (κ1) is 46.1. The van der Waals surface area contributed by atoms with Gasteiger partial charge in [-0.15, -0.1) is 22.7 Å². The zero-order valence-electron chi connectivity index (χ0n) is 33.4. The van der Waals surface area contributed by atoms with Crippen molar-refractivity contribution in [3.63, 3.8) is 0 Å². The Morgan fingerprint density at radius 3 is 1.48 bits per heavy atom. The molecule has 0 radical (unpaired) electrons. The number of carbonyl (C=O) groups is 4. The molecule has 2 aromatic carbocycles. The van der Waals surface area contributed by atoms with Crippen LogP contribution in [0, 0.1) is 19.8 Å². The van der Waals surface area contributed by atoms with Crippen LogP contribution in [0.4, 0.5) is 4.79 Å². The molecule has 5 amide bonds. The third kappa shape index (κ3) is 10.4. The highest BCUT2D eigenvalue weighted by Crippen LogP contribution is 2.39.